The molecule has 5 nitrogen and oxygen atoms in total. The topological polar surface area (TPSA) is 74.7 Å². The fourth-order valence-corrected chi connectivity index (χ4v) is 2.23. The van der Waals surface area contributed by atoms with E-state index in [1.54, 1.807) is 18.2 Å². The van der Waals surface area contributed by atoms with Crippen LogP contribution in [0, 0.1) is 11.3 Å². The van der Waals surface area contributed by atoms with Gasteiger partial charge in [-0.15, -0.1) is 0 Å². The molecular weight excluding hydrogens is 276 g/mol. The molecule has 0 saturated heterocycles. The maximum Gasteiger partial charge on any atom is 0.215 e. The molecular formula is C17H14N4O. The number of pyridine rings is 1. The monoisotopic (exact) mass is 290 g/mol. The molecule has 0 saturated carbocycles. The highest BCUT2D eigenvalue weighted by Gasteiger charge is 2.10. The van der Waals surface area contributed by atoms with Crippen molar-refractivity contribution in [2.24, 2.45) is 0 Å². The summed E-state index contributed by atoms with van der Waals surface area (Å²) in [4.78, 5) is 4.14. The molecule has 0 amide bonds. The number of hydrogen-bond donors (Lipinski definition) is 1. The minimum absolute atomic E-state index is 0.0191. The minimum Gasteiger partial charge on any atom is -0.493 e. The lowest BCUT2D eigenvalue weighted by Crippen LogP contribution is -2.01. The summed E-state index contributed by atoms with van der Waals surface area (Å²) in [5.41, 5.74) is 2.48. The SMILES string of the molecule is N#Cc1ccnc(-n2nc(CCc3ccccc3)cc2O)c1. The number of hydrogen-bond acceptors (Lipinski definition) is 4. The van der Waals surface area contributed by atoms with Crippen LogP contribution in [0.25, 0.3) is 5.82 Å². The normalized spacial score (nSPS) is 10.3. The first-order valence-electron chi connectivity index (χ1n) is 6.94. The number of benzene rings is 1. The molecule has 3 aromatic rings. The van der Waals surface area contributed by atoms with Crippen LogP contribution in [-0.4, -0.2) is 19.9 Å². The first kappa shape index (κ1) is 13.8. The molecule has 0 aliphatic rings. The standard InChI is InChI=1S/C17H14N4O/c18-12-14-8-9-19-16(10-14)21-17(22)11-15(20-21)7-6-13-4-2-1-3-5-13/h1-5,8-11,22H,6-7H2. The zero-order valence-corrected chi connectivity index (χ0v) is 11.8. The van der Waals surface area contributed by atoms with E-state index in [9.17, 15) is 5.11 Å². The number of aromatic hydroxyl groups is 1. The Kier molecular flexibility index (Phi) is 3.84. The molecule has 1 N–H and O–H groups in total. The van der Waals surface area contributed by atoms with Gasteiger partial charge >= 0.3 is 0 Å². The Hall–Kier alpha value is -3.13. The Morgan fingerprint density at radius 1 is 1.09 bits per heavy atom. The van der Waals surface area contributed by atoms with Gasteiger partial charge in [0.2, 0.25) is 5.88 Å². The second-order valence-corrected chi connectivity index (χ2v) is 4.91. The second kappa shape index (κ2) is 6.10. The van der Waals surface area contributed by atoms with Crippen LogP contribution in [0.4, 0.5) is 0 Å². The van der Waals surface area contributed by atoms with E-state index in [1.165, 1.54) is 16.4 Å². The van der Waals surface area contributed by atoms with Crippen LogP contribution in [-0.2, 0) is 12.8 Å². The van der Waals surface area contributed by atoms with Crippen LogP contribution in [0.3, 0.4) is 0 Å². The Balaban J connectivity index is 1.80. The van der Waals surface area contributed by atoms with E-state index in [4.69, 9.17) is 5.26 Å². The first-order valence-corrected chi connectivity index (χ1v) is 6.94. The van der Waals surface area contributed by atoms with Gasteiger partial charge in [-0.3, -0.25) is 0 Å². The zero-order valence-electron chi connectivity index (χ0n) is 11.8. The molecule has 22 heavy (non-hydrogen) atoms. The number of nitrogens with zero attached hydrogens (tertiary/aromatic N) is 4. The molecule has 0 aliphatic heterocycles. The highest BCUT2D eigenvalue weighted by Crippen LogP contribution is 2.18. The van der Waals surface area contributed by atoms with Gasteiger partial charge in [0, 0.05) is 18.3 Å². The molecule has 3 rings (SSSR count). The van der Waals surface area contributed by atoms with Gasteiger partial charge < -0.3 is 5.11 Å². The molecule has 108 valence electrons. The van der Waals surface area contributed by atoms with Gasteiger partial charge in [0.15, 0.2) is 5.82 Å². The molecule has 5 heteroatoms. The van der Waals surface area contributed by atoms with Crippen molar-refractivity contribution in [3.05, 3.63) is 71.5 Å². The molecule has 1 aromatic carbocycles. The molecule has 0 atom stereocenters. The Bertz CT molecular complexity index is 818. The van der Waals surface area contributed by atoms with Gasteiger partial charge in [-0.25, -0.2) is 4.98 Å². The quantitative estimate of drug-likeness (QED) is 0.801. The number of aromatic nitrogens is 3. The molecule has 2 heterocycles. The van der Waals surface area contributed by atoms with E-state index in [2.05, 4.69) is 22.2 Å². The predicted molar refractivity (Wildman–Crippen MR) is 81.6 cm³/mol. The van der Waals surface area contributed by atoms with Gasteiger partial charge in [0.25, 0.3) is 0 Å². The van der Waals surface area contributed by atoms with E-state index in [-0.39, 0.29) is 5.88 Å². The van der Waals surface area contributed by atoms with Crippen LogP contribution >= 0.6 is 0 Å². The van der Waals surface area contributed by atoms with Gasteiger partial charge in [-0.1, -0.05) is 30.3 Å². The highest BCUT2D eigenvalue weighted by atomic mass is 16.3. The van der Waals surface area contributed by atoms with E-state index in [1.807, 2.05) is 24.3 Å². The minimum atomic E-state index is 0.0191. The van der Waals surface area contributed by atoms with Crippen LogP contribution < -0.4 is 0 Å². The summed E-state index contributed by atoms with van der Waals surface area (Å²) in [5, 5.41) is 23.3. The van der Waals surface area contributed by atoms with Crippen molar-refractivity contribution in [3.8, 4) is 17.8 Å². The van der Waals surface area contributed by atoms with Crippen LogP contribution in [0.5, 0.6) is 5.88 Å². The lowest BCUT2D eigenvalue weighted by atomic mass is 10.1. The lowest BCUT2D eigenvalue weighted by molar-refractivity contribution is 0.432. The molecule has 2 aromatic heterocycles. The molecule has 0 bridgehead atoms. The summed E-state index contributed by atoms with van der Waals surface area (Å²) in [5.74, 6) is 0.452. The van der Waals surface area contributed by atoms with E-state index >= 15 is 0 Å². The fraction of sp³-hybridized carbons (Fsp3) is 0.118. The predicted octanol–water partition coefficient (Wildman–Crippen LogP) is 2.63. The number of nitriles is 1. The maximum absolute atomic E-state index is 10.0. The fourth-order valence-electron chi connectivity index (χ4n) is 2.23. The highest BCUT2D eigenvalue weighted by molar-refractivity contribution is 5.37. The maximum atomic E-state index is 10.0. The third-order valence-corrected chi connectivity index (χ3v) is 3.35. The number of rotatable bonds is 4. The van der Waals surface area contributed by atoms with Crippen molar-refractivity contribution in [2.75, 3.05) is 0 Å². The second-order valence-electron chi connectivity index (χ2n) is 4.91. The van der Waals surface area contributed by atoms with E-state index < -0.39 is 0 Å². The summed E-state index contributed by atoms with van der Waals surface area (Å²) >= 11 is 0. The van der Waals surface area contributed by atoms with Crippen LogP contribution in [0.15, 0.2) is 54.7 Å². The number of aryl methyl sites for hydroxylation is 2. The third-order valence-electron chi connectivity index (χ3n) is 3.35. The molecule has 0 aliphatic carbocycles. The summed E-state index contributed by atoms with van der Waals surface area (Å²) in [7, 11) is 0. The lowest BCUT2D eigenvalue weighted by Gasteiger charge is -2.01. The molecule has 0 radical (unpaired) electrons. The third kappa shape index (κ3) is 2.96. The summed E-state index contributed by atoms with van der Waals surface area (Å²) in [6.45, 7) is 0. The van der Waals surface area contributed by atoms with Crippen LogP contribution in [0.1, 0.15) is 16.8 Å². The van der Waals surface area contributed by atoms with Crippen molar-refractivity contribution in [3.63, 3.8) is 0 Å². The van der Waals surface area contributed by atoms with Gasteiger partial charge in [-0.05, 0) is 24.5 Å². The van der Waals surface area contributed by atoms with Gasteiger partial charge in [0.1, 0.15) is 0 Å². The van der Waals surface area contributed by atoms with E-state index in [0.717, 1.165) is 18.5 Å². The Labute approximate surface area is 128 Å². The van der Waals surface area contributed by atoms with Crippen LogP contribution in [0.2, 0.25) is 0 Å². The summed E-state index contributed by atoms with van der Waals surface area (Å²) < 4.78 is 1.35. The van der Waals surface area contributed by atoms with E-state index in [0.29, 0.717) is 11.4 Å². The van der Waals surface area contributed by atoms with Crippen molar-refractivity contribution >= 4 is 0 Å². The summed E-state index contributed by atoms with van der Waals surface area (Å²) in [6, 6.07) is 17.0. The molecule has 0 spiro atoms. The zero-order chi connectivity index (χ0) is 15.4. The van der Waals surface area contributed by atoms with Crippen molar-refractivity contribution in [1.82, 2.24) is 14.8 Å². The molecule has 0 fully saturated rings. The first-order chi connectivity index (χ1) is 10.8. The largest absolute Gasteiger partial charge is 0.493 e. The van der Waals surface area contributed by atoms with Gasteiger partial charge in [-0.2, -0.15) is 15.0 Å². The average Bonchev–Trinajstić information content (AvgIpc) is 2.95. The summed E-state index contributed by atoms with van der Waals surface area (Å²) in [6.07, 6.45) is 3.10. The smallest absolute Gasteiger partial charge is 0.215 e. The van der Waals surface area contributed by atoms with Crippen molar-refractivity contribution in [2.45, 2.75) is 12.8 Å². The molecule has 0 unspecified atom stereocenters. The van der Waals surface area contributed by atoms with Crippen molar-refractivity contribution in [1.29, 1.82) is 5.26 Å². The average molecular weight is 290 g/mol. The van der Waals surface area contributed by atoms with Crippen molar-refractivity contribution < 1.29 is 5.11 Å². The Morgan fingerprint density at radius 3 is 2.68 bits per heavy atom. The van der Waals surface area contributed by atoms with Gasteiger partial charge in [0.05, 0.1) is 17.3 Å². The Morgan fingerprint density at radius 2 is 1.91 bits per heavy atom.